The fourth-order valence-electron chi connectivity index (χ4n) is 2.91. The monoisotopic (exact) mass is 303 g/mol. The number of carbonyl (C=O) groups is 1. The molecular weight excluding hydrogens is 282 g/mol. The van der Waals surface area contributed by atoms with E-state index in [1.807, 2.05) is 36.4 Å². The summed E-state index contributed by atoms with van der Waals surface area (Å²) < 4.78 is 0. The Hall–Kier alpha value is -2.61. The average molecular weight is 303 g/mol. The van der Waals surface area contributed by atoms with Crippen LogP contribution >= 0.6 is 0 Å². The molecule has 0 aromatic heterocycles. The molecule has 0 radical (unpaired) electrons. The van der Waals surface area contributed by atoms with E-state index >= 15 is 0 Å². The second kappa shape index (κ2) is 7.10. The third-order valence-corrected chi connectivity index (χ3v) is 4.21. The van der Waals surface area contributed by atoms with Crippen LogP contribution < -0.4 is 5.32 Å². The van der Waals surface area contributed by atoms with Gasteiger partial charge in [-0.2, -0.15) is 0 Å². The molecule has 23 heavy (non-hydrogen) atoms. The van der Waals surface area contributed by atoms with Crippen molar-refractivity contribution >= 4 is 16.7 Å². The van der Waals surface area contributed by atoms with Gasteiger partial charge >= 0.3 is 0 Å². The first-order chi connectivity index (χ1) is 11.2. The predicted octanol–water partition coefficient (Wildman–Crippen LogP) is 4.05. The molecule has 2 heteroatoms. The highest BCUT2D eigenvalue weighted by atomic mass is 16.1. The number of aryl methyl sites for hydroxylation is 1. The lowest BCUT2D eigenvalue weighted by molar-refractivity contribution is -0.120. The van der Waals surface area contributed by atoms with Crippen molar-refractivity contribution in [3.8, 4) is 0 Å². The van der Waals surface area contributed by atoms with Crippen molar-refractivity contribution in [1.29, 1.82) is 0 Å². The minimum Gasteiger partial charge on any atom is -0.355 e. The number of hydrogen-bond donors (Lipinski definition) is 1. The lowest BCUT2D eigenvalue weighted by atomic mass is 10.0. The van der Waals surface area contributed by atoms with Gasteiger partial charge in [0.15, 0.2) is 0 Å². The summed E-state index contributed by atoms with van der Waals surface area (Å²) in [6.07, 6.45) is 1.29. The number of carbonyl (C=O) groups excluding carboxylic acids is 1. The Morgan fingerprint density at radius 2 is 1.57 bits per heavy atom. The van der Waals surface area contributed by atoms with Crippen molar-refractivity contribution in [2.45, 2.75) is 19.8 Å². The molecule has 0 bridgehead atoms. The molecule has 0 spiro atoms. The number of rotatable bonds is 5. The number of benzene rings is 3. The molecule has 3 aromatic carbocycles. The zero-order valence-electron chi connectivity index (χ0n) is 13.4. The molecule has 0 fully saturated rings. The van der Waals surface area contributed by atoms with Crippen LogP contribution in [0.15, 0.2) is 66.7 Å². The van der Waals surface area contributed by atoms with Gasteiger partial charge in [-0.25, -0.2) is 0 Å². The molecule has 0 atom stereocenters. The zero-order valence-corrected chi connectivity index (χ0v) is 13.4. The molecule has 0 unspecified atom stereocenters. The molecule has 116 valence electrons. The molecule has 0 heterocycles. The van der Waals surface area contributed by atoms with Crippen LogP contribution in [0.5, 0.6) is 0 Å². The Labute approximate surface area is 137 Å². The summed E-state index contributed by atoms with van der Waals surface area (Å²) in [5.41, 5.74) is 3.64. The summed E-state index contributed by atoms with van der Waals surface area (Å²) in [7, 11) is 0. The quantitative estimate of drug-likeness (QED) is 0.757. The van der Waals surface area contributed by atoms with Crippen LogP contribution in [0.3, 0.4) is 0 Å². The molecule has 0 saturated carbocycles. The average Bonchev–Trinajstić information content (AvgIpc) is 2.57. The van der Waals surface area contributed by atoms with Crippen molar-refractivity contribution in [3.05, 3.63) is 83.4 Å². The van der Waals surface area contributed by atoms with Crippen molar-refractivity contribution in [2.24, 2.45) is 0 Å². The Morgan fingerprint density at radius 3 is 2.43 bits per heavy atom. The molecule has 1 amide bonds. The number of nitrogens with one attached hydrogen (secondary N) is 1. The van der Waals surface area contributed by atoms with E-state index in [2.05, 4.69) is 42.6 Å². The molecule has 3 aromatic rings. The van der Waals surface area contributed by atoms with E-state index in [0.717, 1.165) is 17.4 Å². The molecule has 0 aliphatic heterocycles. The second-order valence-electron chi connectivity index (χ2n) is 5.84. The largest absolute Gasteiger partial charge is 0.355 e. The molecule has 1 N–H and O–H groups in total. The summed E-state index contributed by atoms with van der Waals surface area (Å²) in [6.45, 7) is 2.78. The molecule has 0 aliphatic rings. The van der Waals surface area contributed by atoms with Crippen molar-refractivity contribution in [2.75, 3.05) is 6.54 Å². The van der Waals surface area contributed by atoms with Gasteiger partial charge in [-0.1, -0.05) is 66.7 Å². The predicted molar refractivity (Wildman–Crippen MR) is 95.5 cm³/mol. The van der Waals surface area contributed by atoms with E-state index in [4.69, 9.17) is 0 Å². The molecule has 3 rings (SSSR count). The number of amides is 1. The third-order valence-electron chi connectivity index (χ3n) is 4.21. The molecule has 2 nitrogen and oxygen atoms in total. The minimum absolute atomic E-state index is 0.0786. The smallest absolute Gasteiger partial charge is 0.224 e. The maximum absolute atomic E-state index is 12.2. The molecule has 0 saturated heterocycles. The number of hydrogen-bond acceptors (Lipinski definition) is 1. The summed E-state index contributed by atoms with van der Waals surface area (Å²) in [6, 6.07) is 22.6. The summed E-state index contributed by atoms with van der Waals surface area (Å²) >= 11 is 0. The lowest BCUT2D eigenvalue weighted by Crippen LogP contribution is -2.27. The summed E-state index contributed by atoms with van der Waals surface area (Å²) in [5, 5.41) is 5.37. The van der Waals surface area contributed by atoms with E-state index in [1.165, 1.54) is 16.5 Å². The van der Waals surface area contributed by atoms with Crippen LogP contribution in [0, 0.1) is 6.92 Å². The van der Waals surface area contributed by atoms with Gasteiger partial charge in [0, 0.05) is 6.54 Å². The van der Waals surface area contributed by atoms with E-state index in [1.54, 1.807) is 0 Å². The normalized spacial score (nSPS) is 10.7. The Kier molecular flexibility index (Phi) is 4.72. The van der Waals surface area contributed by atoms with Crippen LogP contribution in [-0.2, 0) is 17.6 Å². The van der Waals surface area contributed by atoms with Gasteiger partial charge in [0.25, 0.3) is 0 Å². The van der Waals surface area contributed by atoms with Crippen LogP contribution in [0.4, 0.5) is 0 Å². The fourth-order valence-corrected chi connectivity index (χ4v) is 2.91. The van der Waals surface area contributed by atoms with Crippen LogP contribution in [0.25, 0.3) is 10.8 Å². The van der Waals surface area contributed by atoms with Gasteiger partial charge < -0.3 is 5.32 Å². The van der Waals surface area contributed by atoms with Gasteiger partial charge in [-0.05, 0) is 40.8 Å². The fraction of sp³-hybridized carbons (Fsp3) is 0.190. The second-order valence-corrected chi connectivity index (χ2v) is 5.84. The van der Waals surface area contributed by atoms with Gasteiger partial charge in [0.05, 0.1) is 6.42 Å². The van der Waals surface area contributed by atoms with Crippen molar-refractivity contribution < 1.29 is 4.79 Å². The van der Waals surface area contributed by atoms with Crippen molar-refractivity contribution in [1.82, 2.24) is 5.32 Å². The van der Waals surface area contributed by atoms with Crippen LogP contribution in [-0.4, -0.2) is 12.5 Å². The maximum Gasteiger partial charge on any atom is 0.224 e. The van der Waals surface area contributed by atoms with Gasteiger partial charge in [0.1, 0.15) is 0 Å². The van der Waals surface area contributed by atoms with Crippen molar-refractivity contribution in [3.63, 3.8) is 0 Å². The van der Waals surface area contributed by atoms with Gasteiger partial charge in [-0.3, -0.25) is 4.79 Å². The topological polar surface area (TPSA) is 29.1 Å². The summed E-state index contributed by atoms with van der Waals surface area (Å²) in [5.74, 6) is 0.0786. The first kappa shape index (κ1) is 15.3. The van der Waals surface area contributed by atoms with E-state index < -0.39 is 0 Å². The molecule has 0 aliphatic carbocycles. The SMILES string of the molecule is Cc1ccccc1CCNC(=O)Cc1cccc2ccccc12. The summed E-state index contributed by atoms with van der Waals surface area (Å²) in [4.78, 5) is 12.2. The highest BCUT2D eigenvalue weighted by Crippen LogP contribution is 2.18. The van der Waals surface area contributed by atoms with Gasteiger partial charge in [0.2, 0.25) is 5.91 Å². The van der Waals surface area contributed by atoms with Gasteiger partial charge in [-0.15, -0.1) is 0 Å². The standard InChI is InChI=1S/C21H21NO/c1-16-7-2-3-8-17(16)13-14-22-21(23)15-19-11-6-10-18-9-4-5-12-20(18)19/h2-12H,13-15H2,1H3,(H,22,23). The van der Waals surface area contributed by atoms with E-state index in [9.17, 15) is 4.79 Å². The number of fused-ring (bicyclic) bond motifs is 1. The Balaban J connectivity index is 1.60. The van der Waals surface area contributed by atoms with Crippen LogP contribution in [0.1, 0.15) is 16.7 Å². The zero-order chi connectivity index (χ0) is 16.1. The maximum atomic E-state index is 12.2. The lowest BCUT2D eigenvalue weighted by Gasteiger charge is -2.09. The Morgan fingerprint density at radius 1 is 0.870 bits per heavy atom. The molecular formula is C21H21NO. The Bertz CT molecular complexity index is 817. The van der Waals surface area contributed by atoms with E-state index in [-0.39, 0.29) is 5.91 Å². The van der Waals surface area contributed by atoms with E-state index in [0.29, 0.717) is 13.0 Å². The highest BCUT2D eigenvalue weighted by Gasteiger charge is 2.06. The van der Waals surface area contributed by atoms with Crippen LogP contribution in [0.2, 0.25) is 0 Å². The first-order valence-corrected chi connectivity index (χ1v) is 8.02. The minimum atomic E-state index is 0.0786. The highest BCUT2D eigenvalue weighted by molar-refractivity contribution is 5.90. The third kappa shape index (κ3) is 3.78. The first-order valence-electron chi connectivity index (χ1n) is 8.02.